The molecule has 1 fully saturated rings. The Balaban J connectivity index is 1.81. The first-order valence-electron chi connectivity index (χ1n) is 6.35. The molecule has 0 spiro atoms. The molecular formula is C13H18ClNO3S. The molecule has 1 heterocycles. The maximum Gasteiger partial charge on any atom is 0.154 e. The quantitative estimate of drug-likeness (QED) is 0.866. The molecule has 2 unspecified atom stereocenters. The SMILES string of the molecule is O=S1(=O)CCCC1CNCC(O)c1ccc(Cl)cc1. The zero-order chi connectivity index (χ0) is 13.9. The second kappa shape index (κ2) is 6.22. The fourth-order valence-corrected chi connectivity index (χ4v) is 4.20. The monoisotopic (exact) mass is 303 g/mol. The van der Waals surface area contributed by atoms with Crippen LogP contribution in [0.3, 0.4) is 0 Å². The van der Waals surface area contributed by atoms with Gasteiger partial charge >= 0.3 is 0 Å². The van der Waals surface area contributed by atoms with E-state index in [9.17, 15) is 13.5 Å². The Bertz CT molecular complexity index is 515. The van der Waals surface area contributed by atoms with Crippen LogP contribution in [0.1, 0.15) is 24.5 Å². The molecule has 2 atom stereocenters. The molecule has 2 N–H and O–H groups in total. The smallest absolute Gasteiger partial charge is 0.154 e. The van der Waals surface area contributed by atoms with Crippen LogP contribution in [0.25, 0.3) is 0 Å². The van der Waals surface area contributed by atoms with E-state index in [0.717, 1.165) is 12.0 Å². The van der Waals surface area contributed by atoms with Gasteiger partial charge in [-0.2, -0.15) is 0 Å². The van der Waals surface area contributed by atoms with E-state index >= 15 is 0 Å². The van der Waals surface area contributed by atoms with E-state index in [0.29, 0.717) is 30.3 Å². The first-order valence-corrected chi connectivity index (χ1v) is 8.44. The number of nitrogens with one attached hydrogen (secondary N) is 1. The third-order valence-corrected chi connectivity index (χ3v) is 5.96. The molecule has 1 saturated heterocycles. The minimum atomic E-state index is -2.92. The molecule has 0 aromatic heterocycles. The van der Waals surface area contributed by atoms with Crippen molar-refractivity contribution in [2.75, 3.05) is 18.8 Å². The maximum absolute atomic E-state index is 11.6. The molecule has 0 saturated carbocycles. The molecule has 2 rings (SSSR count). The third-order valence-electron chi connectivity index (χ3n) is 3.43. The van der Waals surface area contributed by atoms with E-state index in [1.807, 2.05) is 0 Å². The molecule has 0 bridgehead atoms. The highest BCUT2D eigenvalue weighted by Crippen LogP contribution is 2.20. The molecule has 0 amide bonds. The van der Waals surface area contributed by atoms with Gasteiger partial charge in [-0.1, -0.05) is 23.7 Å². The Kier molecular flexibility index (Phi) is 4.84. The van der Waals surface area contributed by atoms with Crippen molar-refractivity contribution in [1.82, 2.24) is 5.32 Å². The van der Waals surface area contributed by atoms with Crippen LogP contribution in [0.5, 0.6) is 0 Å². The van der Waals surface area contributed by atoms with Crippen molar-refractivity contribution in [3.8, 4) is 0 Å². The van der Waals surface area contributed by atoms with Crippen LogP contribution in [-0.2, 0) is 9.84 Å². The van der Waals surface area contributed by atoms with Crippen LogP contribution in [0.4, 0.5) is 0 Å². The van der Waals surface area contributed by atoms with E-state index in [-0.39, 0.29) is 5.25 Å². The minimum Gasteiger partial charge on any atom is -0.387 e. The number of aliphatic hydroxyl groups is 1. The first-order chi connectivity index (χ1) is 8.99. The van der Waals surface area contributed by atoms with Crippen molar-refractivity contribution in [2.45, 2.75) is 24.2 Å². The molecule has 1 aromatic rings. The molecule has 1 aliphatic rings. The summed E-state index contributed by atoms with van der Waals surface area (Å²) < 4.78 is 23.3. The van der Waals surface area contributed by atoms with E-state index < -0.39 is 15.9 Å². The van der Waals surface area contributed by atoms with Crippen LogP contribution < -0.4 is 5.32 Å². The van der Waals surface area contributed by atoms with E-state index in [2.05, 4.69) is 5.32 Å². The van der Waals surface area contributed by atoms with Gasteiger partial charge in [0.05, 0.1) is 17.1 Å². The topological polar surface area (TPSA) is 66.4 Å². The Morgan fingerprint density at radius 2 is 2.05 bits per heavy atom. The van der Waals surface area contributed by atoms with Gasteiger partial charge in [-0.05, 0) is 30.5 Å². The molecule has 19 heavy (non-hydrogen) atoms. The summed E-state index contributed by atoms with van der Waals surface area (Å²) in [6.07, 6.45) is 0.808. The summed E-state index contributed by atoms with van der Waals surface area (Å²) in [5, 5.41) is 13.3. The Labute approximate surface area is 118 Å². The van der Waals surface area contributed by atoms with Crippen molar-refractivity contribution < 1.29 is 13.5 Å². The summed E-state index contributed by atoms with van der Waals surface area (Å²) in [6.45, 7) is 0.751. The summed E-state index contributed by atoms with van der Waals surface area (Å²) in [4.78, 5) is 0. The predicted molar refractivity (Wildman–Crippen MR) is 76.1 cm³/mol. The number of halogens is 1. The number of rotatable bonds is 5. The number of benzene rings is 1. The fraction of sp³-hybridized carbons (Fsp3) is 0.538. The lowest BCUT2D eigenvalue weighted by molar-refractivity contribution is 0.175. The first kappa shape index (κ1) is 14.8. The lowest BCUT2D eigenvalue weighted by atomic mass is 10.1. The summed E-state index contributed by atoms with van der Waals surface area (Å²) in [5.74, 6) is 0.291. The Hall–Kier alpha value is -0.620. The van der Waals surface area contributed by atoms with Gasteiger partial charge in [0.1, 0.15) is 0 Å². The van der Waals surface area contributed by atoms with Gasteiger partial charge < -0.3 is 10.4 Å². The minimum absolute atomic E-state index is 0.291. The second-order valence-electron chi connectivity index (χ2n) is 4.86. The number of hydrogen-bond donors (Lipinski definition) is 2. The van der Waals surface area contributed by atoms with Crippen molar-refractivity contribution in [1.29, 1.82) is 0 Å². The van der Waals surface area contributed by atoms with Crippen LogP contribution in [-0.4, -0.2) is 37.6 Å². The van der Waals surface area contributed by atoms with Crippen molar-refractivity contribution in [3.63, 3.8) is 0 Å². The van der Waals surface area contributed by atoms with Gasteiger partial charge in [-0.25, -0.2) is 8.42 Å². The number of hydrogen-bond acceptors (Lipinski definition) is 4. The molecule has 0 aliphatic carbocycles. The molecule has 1 aromatic carbocycles. The number of aliphatic hydroxyl groups excluding tert-OH is 1. The van der Waals surface area contributed by atoms with E-state index in [4.69, 9.17) is 11.6 Å². The second-order valence-corrected chi connectivity index (χ2v) is 7.69. The highest BCUT2D eigenvalue weighted by atomic mass is 35.5. The largest absolute Gasteiger partial charge is 0.387 e. The standard InChI is InChI=1S/C13H18ClNO3S/c14-11-5-3-10(4-6-11)13(16)9-15-8-12-2-1-7-19(12,17)18/h3-6,12-13,15-16H,1-2,7-9H2. The highest BCUT2D eigenvalue weighted by Gasteiger charge is 2.30. The van der Waals surface area contributed by atoms with Gasteiger partial charge in [0.2, 0.25) is 0 Å². The van der Waals surface area contributed by atoms with Gasteiger partial charge in [0.15, 0.2) is 9.84 Å². The van der Waals surface area contributed by atoms with Crippen molar-refractivity contribution in [3.05, 3.63) is 34.9 Å². The Morgan fingerprint density at radius 3 is 2.63 bits per heavy atom. The van der Waals surface area contributed by atoms with Crippen LogP contribution in [0.15, 0.2) is 24.3 Å². The zero-order valence-corrected chi connectivity index (χ0v) is 12.1. The summed E-state index contributed by atoms with van der Waals surface area (Å²) >= 11 is 5.77. The predicted octanol–water partition coefficient (Wildman–Crippen LogP) is 1.54. The van der Waals surface area contributed by atoms with Gasteiger partial charge in [0, 0.05) is 18.1 Å². The molecule has 106 valence electrons. The van der Waals surface area contributed by atoms with Gasteiger partial charge in [-0.3, -0.25) is 0 Å². The zero-order valence-electron chi connectivity index (χ0n) is 10.5. The van der Waals surface area contributed by atoms with Gasteiger partial charge in [0.25, 0.3) is 0 Å². The Morgan fingerprint density at radius 1 is 1.37 bits per heavy atom. The molecule has 1 aliphatic heterocycles. The van der Waals surface area contributed by atoms with Crippen molar-refractivity contribution in [2.24, 2.45) is 0 Å². The molecule has 4 nitrogen and oxygen atoms in total. The third kappa shape index (κ3) is 3.92. The summed E-state index contributed by atoms with van der Waals surface area (Å²) in [6, 6.07) is 6.98. The normalized spacial score (nSPS) is 23.4. The molecule has 6 heteroatoms. The molecular weight excluding hydrogens is 286 g/mol. The van der Waals surface area contributed by atoms with E-state index in [1.165, 1.54) is 0 Å². The lowest BCUT2D eigenvalue weighted by Gasteiger charge is -2.15. The lowest BCUT2D eigenvalue weighted by Crippen LogP contribution is -2.33. The average Bonchev–Trinajstić information content (AvgIpc) is 2.69. The highest BCUT2D eigenvalue weighted by molar-refractivity contribution is 7.92. The molecule has 0 radical (unpaired) electrons. The summed E-state index contributed by atoms with van der Waals surface area (Å²) in [5.41, 5.74) is 0.770. The fourth-order valence-electron chi connectivity index (χ4n) is 2.27. The average molecular weight is 304 g/mol. The van der Waals surface area contributed by atoms with Crippen LogP contribution in [0, 0.1) is 0 Å². The number of sulfone groups is 1. The van der Waals surface area contributed by atoms with Crippen LogP contribution in [0.2, 0.25) is 5.02 Å². The van der Waals surface area contributed by atoms with Crippen molar-refractivity contribution >= 4 is 21.4 Å². The maximum atomic E-state index is 11.6. The van der Waals surface area contributed by atoms with E-state index in [1.54, 1.807) is 24.3 Å². The summed E-state index contributed by atoms with van der Waals surface area (Å²) in [7, 11) is -2.92. The van der Waals surface area contributed by atoms with Gasteiger partial charge in [-0.15, -0.1) is 0 Å². The van der Waals surface area contributed by atoms with Crippen LogP contribution >= 0.6 is 11.6 Å².